The first-order chi connectivity index (χ1) is 17.6. The minimum atomic E-state index is -0.132. The van der Waals surface area contributed by atoms with Gasteiger partial charge in [-0.3, -0.25) is 19.1 Å². The summed E-state index contributed by atoms with van der Waals surface area (Å²) in [6.07, 6.45) is 4.67. The molecule has 0 unspecified atom stereocenters. The second-order valence-electron chi connectivity index (χ2n) is 9.05. The average molecular weight is 489 g/mol. The van der Waals surface area contributed by atoms with Crippen LogP contribution in [0.3, 0.4) is 0 Å². The molecular weight excluding hydrogens is 456 g/mol. The van der Waals surface area contributed by atoms with Crippen LogP contribution in [-0.2, 0) is 11.3 Å². The fourth-order valence-corrected chi connectivity index (χ4v) is 4.85. The molecule has 1 N–H and O–H groups in total. The number of benzene rings is 1. The second-order valence-corrected chi connectivity index (χ2v) is 9.05. The number of aryl methyl sites for hydroxylation is 1. The van der Waals surface area contributed by atoms with Crippen molar-refractivity contribution in [2.75, 3.05) is 51.3 Å². The van der Waals surface area contributed by atoms with Gasteiger partial charge in [0.25, 0.3) is 5.56 Å². The Morgan fingerprint density at radius 3 is 2.56 bits per heavy atom. The van der Waals surface area contributed by atoms with E-state index in [9.17, 15) is 9.59 Å². The number of anilines is 1. The van der Waals surface area contributed by atoms with Crippen molar-refractivity contribution >= 4 is 28.3 Å². The van der Waals surface area contributed by atoms with Crippen molar-refractivity contribution in [2.24, 2.45) is 0 Å². The molecule has 5 rings (SSSR count). The number of nitrogens with one attached hydrogen (secondary N) is 1. The zero-order valence-corrected chi connectivity index (χ0v) is 20.6. The predicted molar refractivity (Wildman–Crippen MR) is 141 cm³/mol. The number of carbonyl (C=O) groups excluding carboxylic acids is 1. The van der Waals surface area contributed by atoms with Crippen LogP contribution in [0.4, 0.5) is 5.69 Å². The molecule has 3 aromatic heterocycles. The number of hydrogen-bond donors (Lipinski definition) is 1. The molecule has 1 saturated heterocycles. The van der Waals surface area contributed by atoms with E-state index in [0.29, 0.717) is 24.3 Å². The molecule has 0 bridgehead atoms. The Bertz CT molecular complexity index is 1390. The average Bonchev–Trinajstić information content (AvgIpc) is 3.42. The van der Waals surface area contributed by atoms with Gasteiger partial charge in [0.1, 0.15) is 11.3 Å². The van der Waals surface area contributed by atoms with E-state index in [-0.39, 0.29) is 17.9 Å². The van der Waals surface area contributed by atoms with E-state index < -0.39 is 0 Å². The zero-order chi connectivity index (χ0) is 24.9. The van der Waals surface area contributed by atoms with E-state index in [1.165, 1.54) is 5.69 Å². The Morgan fingerprint density at radius 2 is 1.78 bits per heavy atom. The Morgan fingerprint density at radius 1 is 1.00 bits per heavy atom. The number of nitrogens with zero attached hydrogens (tertiary/aromatic N) is 5. The number of ether oxygens (including phenoxy) is 1. The Balaban J connectivity index is 1.06. The van der Waals surface area contributed by atoms with Crippen molar-refractivity contribution in [1.29, 1.82) is 0 Å². The minimum Gasteiger partial charge on any atom is -0.497 e. The quantitative estimate of drug-likeness (QED) is 0.364. The normalized spacial score (nSPS) is 14.4. The summed E-state index contributed by atoms with van der Waals surface area (Å²) >= 11 is 0. The summed E-state index contributed by atoms with van der Waals surface area (Å²) in [4.78, 5) is 34.7. The Labute approximate surface area is 209 Å². The molecule has 1 aromatic carbocycles. The third kappa shape index (κ3) is 5.06. The summed E-state index contributed by atoms with van der Waals surface area (Å²) < 4.78 is 8.69. The number of amides is 1. The number of methoxy groups -OCH3 is 1. The van der Waals surface area contributed by atoms with Crippen LogP contribution in [0.15, 0.2) is 65.7 Å². The Hall–Kier alpha value is -3.85. The van der Waals surface area contributed by atoms with E-state index in [0.717, 1.165) is 50.4 Å². The molecule has 0 saturated carbocycles. The predicted octanol–water partition coefficient (Wildman–Crippen LogP) is 2.38. The molecule has 36 heavy (non-hydrogen) atoms. The first-order valence-electron chi connectivity index (χ1n) is 12.5. The van der Waals surface area contributed by atoms with Crippen LogP contribution in [0.2, 0.25) is 0 Å². The summed E-state index contributed by atoms with van der Waals surface area (Å²) in [5.41, 5.74) is 3.12. The molecule has 4 aromatic rings. The third-order valence-electron chi connectivity index (χ3n) is 6.84. The van der Waals surface area contributed by atoms with Crippen LogP contribution in [0, 0.1) is 0 Å². The number of piperazine rings is 1. The molecule has 0 atom stereocenters. The number of rotatable bonds is 9. The van der Waals surface area contributed by atoms with Crippen LogP contribution in [0.25, 0.3) is 16.7 Å². The van der Waals surface area contributed by atoms with Crippen LogP contribution in [0.5, 0.6) is 5.75 Å². The molecule has 1 aliphatic heterocycles. The first kappa shape index (κ1) is 23.9. The van der Waals surface area contributed by atoms with Gasteiger partial charge in [-0.25, -0.2) is 4.98 Å². The summed E-state index contributed by atoms with van der Waals surface area (Å²) in [7, 11) is 1.68. The van der Waals surface area contributed by atoms with Crippen molar-refractivity contribution in [3.05, 3.63) is 71.3 Å². The lowest BCUT2D eigenvalue weighted by Crippen LogP contribution is -2.47. The van der Waals surface area contributed by atoms with E-state index in [4.69, 9.17) is 4.74 Å². The summed E-state index contributed by atoms with van der Waals surface area (Å²) in [5, 5.41) is 3.01. The standard InChI is InChI=1S/C27H32N6O3/c1-36-22-9-7-21(8-10-22)31-19-17-30(18-20-31)14-4-13-28-25(34)11-16-33-26-23(5-2-12-29-26)32-15-3-6-24(32)27(33)35/h2-3,5-10,12,15H,4,11,13-14,16-20H2,1H3,(H,28,34). The number of hydrogen-bond acceptors (Lipinski definition) is 6. The highest BCUT2D eigenvalue weighted by atomic mass is 16.5. The lowest BCUT2D eigenvalue weighted by atomic mass is 10.2. The van der Waals surface area contributed by atoms with Crippen LogP contribution in [0.1, 0.15) is 12.8 Å². The maximum Gasteiger partial charge on any atom is 0.276 e. The topological polar surface area (TPSA) is 84.1 Å². The highest BCUT2D eigenvalue weighted by Gasteiger charge is 2.17. The summed E-state index contributed by atoms with van der Waals surface area (Å²) in [6, 6.07) is 15.6. The fraction of sp³-hybridized carbons (Fsp3) is 0.370. The van der Waals surface area contributed by atoms with Crippen molar-refractivity contribution in [2.45, 2.75) is 19.4 Å². The maximum atomic E-state index is 12.9. The van der Waals surface area contributed by atoms with Crippen LogP contribution in [-0.4, -0.2) is 71.1 Å². The molecule has 188 valence electrons. The number of pyridine rings is 1. The van der Waals surface area contributed by atoms with E-state index in [1.807, 2.05) is 40.9 Å². The van der Waals surface area contributed by atoms with Gasteiger partial charge >= 0.3 is 0 Å². The molecule has 1 amide bonds. The lowest BCUT2D eigenvalue weighted by Gasteiger charge is -2.36. The van der Waals surface area contributed by atoms with E-state index in [2.05, 4.69) is 32.2 Å². The monoisotopic (exact) mass is 488 g/mol. The van der Waals surface area contributed by atoms with Gasteiger partial charge in [-0.2, -0.15) is 0 Å². The number of fused-ring (bicyclic) bond motifs is 3. The SMILES string of the molecule is COc1ccc(N2CCN(CCCNC(=O)CCn3c(=O)c4cccn4c4cccnc43)CC2)cc1. The van der Waals surface area contributed by atoms with Crippen molar-refractivity contribution < 1.29 is 9.53 Å². The van der Waals surface area contributed by atoms with Crippen molar-refractivity contribution in [3.8, 4) is 5.75 Å². The maximum absolute atomic E-state index is 12.9. The highest BCUT2D eigenvalue weighted by molar-refractivity contribution is 5.77. The van der Waals surface area contributed by atoms with Crippen molar-refractivity contribution in [1.82, 2.24) is 24.2 Å². The van der Waals surface area contributed by atoms with Crippen LogP contribution >= 0.6 is 0 Å². The molecule has 9 heteroatoms. The van der Waals surface area contributed by atoms with E-state index in [1.54, 1.807) is 23.9 Å². The van der Waals surface area contributed by atoms with Gasteiger partial charge in [-0.1, -0.05) is 0 Å². The van der Waals surface area contributed by atoms with Crippen molar-refractivity contribution in [3.63, 3.8) is 0 Å². The zero-order valence-electron chi connectivity index (χ0n) is 20.6. The number of aromatic nitrogens is 3. The molecular formula is C27H32N6O3. The van der Waals surface area contributed by atoms with Gasteiger partial charge in [0.15, 0.2) is 5.65 Å². The molecule has 0 spiro atoms. The van der Waals surface area contributed by atoms with Gasteiger partial charge < -0.3 is 19.4 Å². The fourth-order valence-electron chi connectivity index (χ4n) is 4.85. The minimum absolute atomic E-state index is 0.0504. The molecule has 4 heterocycles. The molecule has 1 aliphatic rings. The largest absolute Gasteiger partial charge is 0.497 e. The van der Waals surface area contributed by atoms with E-state index >= 15 is 0 Å². The summed E-state index contributed by atoms with van der Waals surface area (Å²) in [6.45, 7) is 5.87. The number of carbonyl (C=O) groups is 1. The molecule has 0 aliphatic carbocycles. The van der Waals surface area contributed by atoms with Gasteiger partial charge in [-0.05, 0) is 61.5 Å². The first-order valence-corrected chi connectivity index (χ1v) is 12.5. The van der Waals surface area contributed by atoms with Gasteiger partial charge in [0, 0.05) is 63.8 Å². The van der Waals surface area contributed by atoms with Gasteiger partial charge in [0.2, 0.25) is 5.91 Å². The highest BCUT2D eigenvalue weighted by Crippen LogP contribution is 2.20. The second kappa shape index (κ2) is 10.8. The smallest absolute Gasteiger partial charge is 0.276 e. The summed E-state index contributed by atoms with van der Waals surface area (Å²) in [5.74, 6) is 0.823. The molecule has 9 nitrogen and oxygen atoms in total. The van der Waals surface area contributed by atoms with Crippen LogP contribution < -0.4 is 20.5 Å². The molecule has 1 fully saturated rings. The molecule has 0 radical (unpaired) electrons. The third-order valence-corrected chi connectivity index (χ3v) is 6.84. The van der Waals surface area contributed by atoms with Gasteiger partial charge in [-0.15, -0.1) is 0 Å². The van der Waals surface area contributed by atoms with Gasteiger partial charge in [0.05, 0.1) is 12.6 Å². The Kier molecular flexibility index (Phi) is 7.18. The lowest BCUT2D eigenvalue weighted by molar-refractivity contribution is -0.121.